The van der Waals surface area contributed by atoms with Crippen LogP contribution in [0.15, 0.2) is 28.9 Å². The predicted octanol–water partition coefficient (Wildman–Crippen LogP) is 4.06. The minimum atomic E-state index is -0.156. The van der Waals surface area contributed by atoms with E-state index in [0.717, 1.165) is 5.75 Å². The molecule has 5 nitrogen and oxygen atoms in total. The van der Waals surface area contributed by atoms with Crippen LogP contribution in [0.4, 0.5) is 0 Å². The maximum atomic E-state index is 5.80. The molecule has 0 atom stereocenters. The Morgan fingerprint density at radius 2 is 1.86 bits per heavy atom. The Labute approximate surface area is 131 Å². The average molecular weight is 351 g/mol. The van der Waals surface area contributed by atoms with Gasteiger partial charge in [-0.3, -0.25) is 0 Å². The van der Waals surface area contributed by atoms with Gasteiger partial charge in [-0.25, -0.2) is 4.98 Å². The smallest absolute Gasteiger partial charge is 0.231 e. The largest absolute Gasteiger partial charge is 0.454 e. The van der Waals surface area contributed by atoms with Crippen molar-refractivity contribution < 1.29 is 14.2 Å². The summed E-state index contributed by atoms with van der Waals surface area (Å²) in [6.45, 7) is 6.41. The van der Waals surface area contributed by atoms with Crippen LogP contribution in [0.3, 0.4) is 0 Å². The molecular formula is C15H15BrN2O3. The molecule has 2 aromatic rings. The van der Waals surface area contributed by atoms with Gasteiger partial charge in [-0.15, -0.1) is 0 Å². The van der Waals surface area contributed by atoms with Crippen LogP contribution in [0.2, 0.25) is 0 Å². The van der Waals surface area contributed by atoms with Gasteiger partial charge in [-0.2, -0.15) is 4.98 Å². The molecule has 1 aliphatic heterocycles. The zero-order chi connectivity index (χ0) is 15.0. The summed E-state index contributed by atoms with van der Waals surface area (Å²) in [7, 11) is 0. The van der Waals surface area contributed by atoms with Crippen molar-refractivity contribution >= 4 is 15.9 Å². The molecule has 0 unspecified atom stereocenters. The van der Waals surface area contributed by atoms with Gasteiger partial charge < -0.3 is 14.2 Å². The highest BCUT2D eigenvalue weighted by Crippen LogP contribution is 2.36. The van der Waals surface area contributed by atoms with E-state index in [1.165, 1.54) is 0 Å². The van der Waals surface area contributed by atoms with E-state index in [9.17, 15) is 0 Å². The standard InChI is InChI=1S/C15H15BrN2O3/c1-15(2,3)14-17-12(16)7-13(18-14)21-9-4-5-10-11(6-9)20-8-19-10/h4-7H,8H2,1-3H3. The minimum Gasteiger partial charge on any atom is -0.454 e. The lowest BCUT2D eigenvalue weighted by atomic mass is 9.96. The fourth-order valence-electron chi connectivity index (χ4n) is 1.85. The highest BCUT2D eigenvalue weighted by atomic mass is 79.9. The van der Waals surface area contributed by atoms with Gasteiger partial charge in [0.25, 0.3) is 0 Å². The zero-order valence-electron chi connectivity index (χ0n) is 12.0. The lowest BCUT2D eigenvalue weighted by molar-refractivity contribution is 0.174. The Hall–Kier alpha value is -1.82. The molecule has 1 aromatic carbocycles. The second kappa shape index (κ2) is 5.18. The van der Waals surface area contributed by atoms with Crippen molar-refractivity contribution in [1.29, 1.82) is 0 Å². The van der Waals surface area contributed by atoms with Crippen LogP contribution in [0, 0.1) is 0 Å². The summed E-state index contributed by atoms with van der Waals surface area (Å²) in [5, 5.41) is 0. The molecule has 1 aromatic heterocycles. The number of nitrogens with zero attached hydrogens (tertiary/aromatic N) is 2. The first kappa shape index (κ1) is 14.1. The topological polar surface area (TPSA) is 53.5 Å². The van der Waals surface area contributed by atoms with Crippen molar-refractivity contribution in [2.45, 2.75) is 26.2 Å². The molecule has 3 rings (SSSR count). The van der Waals surface area contributed by atoms with Gasteiger partial charge in [0.2, 0.25) is 12.7 Å². The van der Waals surface area contributed by atoms with Crippen molar-refractivity contribution in [3.8, 4) is 23.1 Å². The molecule has 0 radical (unpaired) electrons. The predicted molar refractivity (Wildman–Crippen MR) is 81.1 cm³/mol. The van der Waals surface area contributed by atoms with Crippen molar-refractivity contribution in [3.63, 3.8) is 0 Å². The number of hydrogen-bond donors (Lipinski definition) is 0. The van der Waals surface area contributed by atoms with Gasteiger partial charge in [0, 0.05) is 17.5 Å². The van der Waals surface area contributed by atoms with Crippen LogP contribution < -0.4 is 14.2 Å². The van der Waals surface area contributed by atoms with E-state index in [1.54, 1.807) is 12.1 Å². The number of ether oxygens (including phenoxy) is 3. The fraction of sp³-hybridized carbons (Fsp3) is 0.333. The molecule has 0 spiro atoms. The number of hydrogen-bond acceptors (Lipinski definition) is 5. The van der Waals surface area contributed by atoms with Gasteiger partial charge in [0.15, 0.2) is 11.5 Å². The summed E-state index contributed by atoms with van der Waals surface area (Å²) in [5.74, 6) is 3.25. The molecule has 0 saturated heterocycles. The Bertz CT molecular complexity index is 683. The first-order valence-electron chi connectivity index (χ1n) is 6.54. The summed E-state index contributed by atoms with van der Waals surface area (Å²) in [5.41, 5.74) is -0.156. The van der Waals surface area contributed by atoms with Crippen LogP contribution in [0.25, 0.3) is 0 Å². The summed E-state index contributed by atoms with van der Waals surface area (Å²) >= 11 is 3.39. The number of benzene rings is 1. The third-order valence-corrected chi connectivity index (χ3v) is 3.31. The quantitative estimate of drug-likeness (QED) is 0.764. The molecule has 6 heteroatoms. The van der Waals surface area contributed by atoms with Crippen LogP contribution in [-0.2, 0) is 5.41 Å². The van der Waals surface area contributed by atoms with E-state index < -0.39 is 0 Å². The average Bonchev–Trinajstić information content (AvgIpc) is 2.84. The molecule has 0 amide bonds. The third kappa shape index (κ3) is 3.10. The first-order chi connectivity index (χ1) is 9.91. The fourth-order valence-corrected chi connectivity index (χ4v) is 2.21. The van der Waals surface area contributed by atoms with Crippen LogP contribution in [-0.4, -0.2) is 16.8 Å². The van der Waals surface area contributed by atoms with Crippen molar-refractivity contribution in [3.05, 3.63) is 34.7 Å². The maximum absolute atomic E-state index is 5.80. The molecule has 0 N–H and O–H groups in total. The van der Waals surface area contributed by atoms with E-state index in [2.05, 4.69) is 46.7 Å². The molecular weight excluding hydrogens is 336 g/mol. The molecule has 1 aliphatic rings. The highest BCUT2D eigenvalue weighted by molar-refractivity contribution is 9.10. The molecule has 0 bridgehead atoms. The lowest BCUT2D eigenvalue weighted by Gasteiger charge is -2.17. The van der Waals surface area contributed by atoms with Crippen LogP contribution in [0.5, 0.6) is 23.1 Å². The number of halogens is 1. The Morgan fingerprint density at radius 3 is 2.62 bits per heavy atom. The summed E-state index contributed by atoms with van der Waals surface area (Å²) in [6.07, 6.45) is 0. The Morgan fingerprint density at radius 1 is 1.10 bits per heavy atom. The molecule has 0 saturated carbocycles. The van der Waals surface area contributed by atoms with Crippen LogP contribution >= 0.6 is 15.9 Å². The van der Waals surface area contributed by atoms with Gasteiger partial charge in [-0.05, 0) is 28.1 Å². The minimum absolute atomic E-state index is 0.156. The van der Waals surface area contributed by atoms with Crippen LogP contribution in [0.1, 0.15) is 26.6 Å². The van der Waals surface area contributed by atoms with Gasteiger partial charge in [0.1, 0.15) is 16.2 Å². The number of aromatic nitrogens is 2. The molecule has 21 heavy (non-hydrogen) atoms. The SMILES string of the molecule is CC(C)(C)c1nc(Br)cc(Oc2ccc3c(c2)OCO3)n1. The van der Waals surface area contributed by atoms with E-state index in [0.29, 0.717) is 27.8 Å². The number of rotatable bonds is 2. The van der Waals surface area contributed by atoms with E-state index >= 15 is 0 Å². The second-order valence-electron chi connectivity index (χ2n) is 5.72. The molecule has 2 heterocycles. The van der Waals surface area contributed by atoms with E-state index in [4.69, 9.17) is 14.2 Å². The van der Waals surface area contributed by atoms with Crippen molar-refractivity contribution in [2.24, 2.45) is 0 Å². The third-order valence-electron chi connectivity index (χ3n) is 2.91. The van der Waals surface area contributed by atoms with Crippen molar-refractivity contribution in [1.82, 2.24) is 9.97 Å². The Kier molecular flexibility index (Phi) is 3.49. The first-order valence-corrected chi connectivity index (χ1v) is 7.34. The number of fused-ring (bicyclic) bond motifs is 1. The Balaban J connectivity index is 1.89. The zero-order valence-corrected chi connectivity index (χ0v) is 13.6. The highest BCUT2D eigenvalue weighted by Gasteiger charge is 2.20. The van der Waals surface area contributed by atoms with Crippen molar-refractivity contribution in [2.75, 3.05) is 6.79 Å². The van der Waals surface area contributed by atoms with E-state index in [1.807, 2.05) is 12.1 Å². The maximum Gasteiger partial charge on any atom is 0.231 e. The molecule has 110 valence electrons. The summed E-state index contributed by atoms with van der Waals surface area (Å²) in [6, 6.07) is 7.16. The second-order valence-corrected chi connectivity index (χ2v) is 6.53. The van der Waals surface area contributed by atoms with Gasteiger partial charge in [-0.1, -0.05) is 20.8 Å². The summed E-state index contributed by atoms with van der Waals surface area (Å²) < 4.78 is 17.1. The molecule has 0 aliphatic carbocycles. The van der Waals surface area contributed by atoms with Gasteiger partial charge >= 0.3 is 0 Å². The summed E-state index contributed by atoms with van der Waals surface area (Å²) in [4.78, 5) is 8.84. The van der Waals surface area contributed by atoms with E-state index in [-0.39, 0.29) is 12.2 Å². The van der Waals surface area contributed by atoms with Gasteiger partial charge in [0.05, 0.1) is 0 Å². The molecule has 0 fully saturated rings. The lowest BCUT2D eigenvalue weighted by Crippen LogP contribution is -2.16. The normalized spacial score (nSPS) is 13.3. The monoisotopic (exact) mass is 350 g/mol.